The first-order chi connectivity index (χ1) is 17.3. The van der Waals surface area contributed by atoms with Crippen LogP contribution in [0.25, 0.3) is 11.0 Å². The van der Waals surface area contributed by atoms with Gasteiger partial charge in [0.05, 0.1) is 4.90 Å². The van der Waals surface area contributed by atoms with Gasteiger partial charge in [0.25, 0.3) is 5.91 Å². The van der Waals surface area contributed by atoms with Crippen LogP contribution in [-0.4, -0.2) is 30.7 Å². The minimum atomic E-state index is -3.62. The van der Waals surface area contributed by atoms with Crippen molar-refractivity contribution in [3.8, 4) is 0 Å². The highest BCUT2D eigenvalue weighted by Crippen LogP contribution is 2.35. The van der Waals surface area contributed by atoms with Gasteiger partial charge in [-0.15, -0.1) is 0 Å². The van der Waals surface area contributed by atoms with E-state index in [-0.39, 0.29) is 23.8 Å². The summed E-state index contributed by atoms with van der Waals surface area (Å²) in [6.07, 6.45) is 10.5. The number of nitrogens with zero attached hydrogens (tertiary/aromatic N) is 1. The molecular formula is C29H36N2O4S. The molecule has 0 saturated heterocycles. The second-order valence-corrected chi connectivity index (χ2v) is 12.3. The summed E-state index contributed by atoms with van der Waals surface area (Å²) < 4.78 is 35.4. The first-order valence-electron chi connectivity index (χ1n) is 13.3. The van der Waals surface area contributed by atoms with Gasteiger partial charge >= 0.3 is 0 Å². The first-order valence-corrected chi connectivity index (χ1v) is 14.7. The number of amides is 1. The highest BCUT2D eigenvalue weighted by Gasteiger charge is 2.38. The Morgan fingerprint density at radius 2 is 1.44 bits per heavy atom. The van der Waals surface area contributed by atoms with Crippen molar-refractivity contribution in [3.05, 3.63) is 59.4 Å². The molecule has 1 aromatic heterocycles. The minimum absolute atomic E-state index is 0.0888. The van der Waals surface area contributed by atoms with Crippen molar-refractivity contribution in [3.63, 3.8) is 0 Å². The highest BCUT2D eigenvalue weighted by molar-refractivity contribution is 7.89. The van der Waals surface area contributed by atoms with Gasteiger partial charge in [-0.2, -0.15) is 4.31 Å². The fourth-order valence-electron chi connectivity index (χ4n) is 5.93. The number of benzene rings is 2. The number of fused-ring (bicyclic) bond motifs is 1. The van der Waals surface area contributed by atoms with Crippen LogP contribution in [0.3, 0.4) is 0 Å². The van der Waals surface area contributed by atoms with Gasteiger partial charge < -0.3 is 9.73 Å². The number of furan rings is 1. The second kappa shape index (κ2) is 10.4. The molecule has 2 aromatic carbocycles. The number of hydrogen-bond donors (Lipinski definition) is 1. The van der Waals surface area contributed by atoms with Gasteiger partial charge in [0, 0.05) is 28.7 Å². The Bertz CT molecular complexity index is 1310. The summed E-state index contributed by atoms with van der Waals surface area (Å²) in [4.78, 5) is 13.3. The SMILES string of the molecule is Cc1ccc2oc(C(=O)Nc3ccc(S(=O)(=O)N(C4CCCCC4)C4CCCCC4)cc3)c(C)c2c1. The van der Waals surface area contributed by atoms with Crippen molar-refractivity contribution < 1.29 is 17.6 Å². The van der Waals surface area contributed by atoms with Gasteiger partial charge in [-0.1, -0.05) is 50.2 Å². The zero-order chi connectivity index (χ0) is 25.3. The van der Waals surface area contributed by atoms with E-state index in [4.69, 9.17) is 4.42 Å². The third-order valence-corrected chi connectivity index (χ3v) is 9.87. The molecule has 2 saturated carbocycles. The smallest absolute Gasteiger partial charge is 0.291 e. The van der Waals surface area contributed by atoms with Crippen LogP contribution >= 0.6 is 0 Å². The average Bonchev–Trinajstić information content (AvgIpc) is 3.21. The maximum Gasteiger partial charge on any atom is 0.291 e. The van der Waals surface area contributed by atoms with Crippen molar-refractivity contribution >= 4 is 32.6 Å². The number of sulfonamides is 1. The number of carbonyl (C=O) groups is 1. The van der Waals surface area contributed by atoms with Gasteiger partial charge in [0.2, 0.25) is 10.0 Å². The summed E-state index contributed by atoms with van der Waals surface area (Å²) >= 11 is 0. The van der Waals surface area contributed by atoms with E-state index in [1.165, 1.54) is 12.8 Å². The van der Waals surface area contributed by atoms with Crippen molar-refractivity contribution in [2.75, 3.05) is 5.32 Å². The van der Waals surface area contributed by atoms with Crippen LogP contribution in [0.15, 0.2) is 51.8 Å². The molecule has 192 valence electrons. The van der Waals surface area contributed by atoms with Crippen LogP contribution < -0.4 is 5.32 Å². The number of anilines is 1. The van der Waals surface area contributed by atoms with Crippen molar-refractivity contribution in [2.45, 2.75) is 95.0 Å². The van der Waals surface area contributed by atoms with Crippen LogP contribution in [0.1, 0.15) is 85.9 Å². The number of carbonyl (C=O) groups excluding carboxylic acids is 1. The van der Waals surface area contributed by atoms with Gasteiger partial charge in [-0.3, -0.25) is 4.79 Å². The molecule has 36 heavy (non-hydrogen) atoms. The molecule has 2 aliphatic carbocycles. The number of hydrogen-bond acceptors (Lipinski definition) is 4. The van der Waals surface area contributed by atoms with Gasteiger partial charge in [0.1, 0.15) is 5.58 Å². The van der Waals surface area contributed by atoms with E-state index in [2.05, 4.69) is 5.32 Å². The summed E-state index contributed by atoms with van der Waals surface area (Å²) in [5.74, 6) is -0.0731. The summed E-state index contributed by atoms with van der Waals surface area (Å²) in [5.41, 5.74) is 3.11. The molecule has 5 rings (SSSR count). The van der Waals surface area contributed by atoms with E-state index in [9.17, 15) is 13.2 Å². The summed E-state index contributed by atoms with van der Waals surface area (Å²) in [5, 5.41) is 3.79. The van der Waals surface area contributed by atoms with Crippen LogP contribution in [-0.2, 0) is 10.0 Å². The lowest BCUT2D eigenvalue weighted by atomic mass is 9.91. The molecule has 3 aromatic rings. The Balaban J connectivity index is 1.36. The molecule has 6 nitrogen and oxygen atoms in total. The first kappa shape index (κ1) is 25.0. The van der Waals surface area contributed by atoms with Gasteiger partial charge in [0.15, 0.2) is 5.76 Å². The van der Waals surface area contributed by atoms with E-state index in [0.717, 1.165) is 67.9 Å². The van der Waals surface area contributed by atoms with Crippen LogP contribution in [0.2, 0.25) is 0 Å². The Hall–Kier alpha value is -2.64. The molecule has 2 fully saturated rings. The van der Waals surface area contributed by atoms with E-state index in [1.54, 1.807) is 24.3 Å². The van der Waals surface area contributed by atoms with Gasteiger partial charge in [-0.25, -0.2) is 8.42 Å². The third kappa shape index (κ3) is 4.96. The van der Waals surface area contributed by atoms with Gasteiger partial charge in [-0.05, 0) is 75.9 Å². The van der Waals surface area contributed by atoms with E-state index in [0.29, 0.717) is 16.2 Å². The fraction of sp³-hybridized carbons (Fsp3) is 0.483. The monoisotopic (exact) mass is 508 g/mol. The van der Waals surface area contributed by atoms with E-state index in [1.807, 2.05) is 36.4 Å². The normalized spacial score (nSPS) is 18.1. The molecule has 0 aliphatic heterocycles. The molecule has 1 amide bonds. The van der Waals surface area contributed by atoms with Crippen molar-refractivity contribution in [2.24, 2.45) is 0 Å². The molecule has 0 unspecified atom stereocenters. The number of nitrogens with one attached hydrogen (secondary N) is 1. The molecule has 7 heteroatoms. The largest absolute Gasteiger partial charge is 0.451 e. The quantitative estimate of drug-likeness (QED) is 0.390. The molecule has 0 bridgehead atoms. The molecule has 0 spiro atoms. The molecular weight excluding hydrogens is 472 g/mol. The number of rotatable bonds is 6. The van der Waals surface area contributed by atoms with E-state index >= 15 is 0 Å². The van der Waals surface area contributed by atoms with Crippen molar-refractivity contribution in [1.82, 2.24) is 4.31 Å². The zero-order valence-electron chi connectivity index (χ0n) is 21.3. The van der Waals surface area contributed by atoms with Crippen LogP contribution in [0.5, 0.6) is 0 Å². The topological polar surface area (TPSA) is 79.6 Å². The number of aryl methyl sites for hydroxylation is 2. The maximum atomic E-state index is 13.9. The molecule has 1 N–H and O–H groups in total. The summed E-state index contributed by atoms with van der Waals surface area (Å²) in [6, 6.07) is 12.6. The maximum absolute atomic E-state index is 13.9. The Morgan fingerprint density at radius 3 is 2.03 bits per heavy atom. The lowest BCUT2D eigenvalue weighted by molar-refractivity contribution is 0.0998. The summed E-state index contributed by atoms with van der Waals surface area (Å²) in [6.45, 7) is 3.88. The summed E-state index contributed by atoms with van der Waals surface area (Å²) in [7, 11) is -3.62. The van der Waals surface area contributed by atoms with E-state index < -0.39 is 10.0 Å². The molecule has 0 atom stereocenters. The lowest BCUT2D eigenvalue weighted by Crippen LogP contribution is -2.48. The van der Waals surface area contributed by atoms with Crippen LogP contribution in [0.4, 0.5) is 5.69 Å². The molecule has 0 radical (unpaired) electrons. The average molecular weight is 509 g/mol. The highest BCUT2D eigenvalue weighted by atomic mass is 32.2. The zero-order valence-corrected chi connectivity index (χ0v) is 22.1. The molecule has 2 aliphatic rings. The Morgan fingerprint density at radius 1 is 0.861 bits per heavy atom. The fourth-order valence-corrected chi connectivity index (χ4v) is 7.86. The Kier molecular flexibility index (Phi) is 7.22. The predicted octanol–water partition coefficient (Wildman–Crippen LogP) is 6.96. The predicted molar refractivity (Wildman–Crippen MR) is 143 cm³/mol. The Labute approximate surface area is 214 Å². The second-order valence-electron chi connectivity index (χ2n) is 10.5. The van der Waals surface area contributed by atoms with Crippen molar-refractivity contribution in [1.29, 1.82) is 0 Å². The minimum Gasteiger partial charge on any atom is -0.451 e. The third-order valence-electron chi connectivity index (χ3n) is 7.85. The lowest BCUT2D eigenvalue weighted by Gasteiger charge is -2.40. The molecule has 1 heterocycles. The van der Waals surface area contributed by atoms with Crippen LogP contribution in [0, 0.1) is 13.8 Å². The standard InChI is InChI=1S/C29H36N2O4S/c1-20-13-18-27-26(19-20)21(2)28(35-27)29(32)30-22-14-16-25(17-15-22)36(33,34)31(23-9-5-3-6-10-23)24-11-7-4-8-12-24/h13-19,23-24H,3-12H2,1-2H3,(H,30,32).